The van der Waals surface area contributed by atoms with Crippen LogP contribution >= 0.6 is 11.6 Å². The van der Waals surface area contributed by atoms with Crippen molar-refractivity contribution < 1.29 is 0 Å². The van der Waals surface area contributed by atoms with Gasteiger partial charge in [0, 0.05) is 30.8 Å². The van der Waals surface area contributed by atoms with Crippen molar-refractivity contribution >= 4 is 11.6 Å². The lowest BCUT2D eigenvalue weighted by atomic mass is 9.90. The Morgan fingerprint density at radius 3 is 2.85 bits per heavy atom. The van der Waals surface area contributed by atoms with Crippen molar-refractivity contribution in [2.24, 2.45) is 11.1 Å². The molecule has 0 saturated carbocycles. The van der Waals surface area contributed by atoms with E-state index in [4.69, 9.17) is 17.3 Å². The van der Waals surface area contributed by atoms with E-state index in [1.165, 1.54) is 12.0 Å². The summed E-state index contributed by atoms with van der Waals surface area (Å²) in [5.74, 6) is 0. The number of benzene rings is 1. The molecule has 1 aliphatic heterocycles. The smallest absolute Gasteiger partial charge is 0.0482 e. The number of hydrogen-bond acceptors (Lipinski definition) is 3. The Bertz CT molecular complexity index is 437. The van der Waals surface area contributed by atoms with Crippen LogP contribution in [-0.4, -0.2) is 37.2 Å². The monoisotopic (exact) mass is 295 g/mol. The molecule has 20 heavy (non-hydrogen) atoms. The molecule has 0 aromatic heterocycles. The van der Waals surface area contributed by atoms with Gasteiger partial charge in [-0.05, 0) is 43.4 Å². The first kappa shape index (κ1) is 15.8. The Hall–Kier alpha value is -0.610. The number of halogens is 1. The standard InChI is InChI=1S/C16H26ClN3/c1-13(9-14-5-3-4-6-15(14)17)19-12-20-8-7-16(2,10-18)11-20/h3-6,13,19H,7-12,18H2,1-2H3. The Morgan fingerprint density at radius 2 is 2.20 bits per heavy atom. The van der Waals surface area contributed by atoms with E-state index in [1.54, 1.807) is 0 Å². The minimum absolute atomic E-state index is 0.299. The number of hydrogen-bond donors (Lipinski definition) is 2. The summed E-state index contributed by atoms with van der Waals surface area (Å²) in [4.78, 5) is 2.45. The summed E-state index contributed by atoms with van der Waals surface area (Å²) in [5, 5.41) is 4.45. The second-order valence-corrected chi connectivity index (χ2v) is 6.78. The van der Waals surface area contributed by atoms with Crippen LogP contribution in [0.25, 0.3) is 0 Å². The van der Waals surface area contributed by atoms with E-state index in [1.807, 2.05) is 18.2 Å². The number of nitrogens with one attached hydrogen (secondary N) is 1. The lowest BCUT2D eigenvalue weighted by molar-refractivity contribution is 0.253. The molecule has 3 nitrogen and oxygen atoms in total. The van der Waals surface area contributed by atoms with Crippen LogP contribution in [0.5, 0.6) is 0 Å². The zero-order chi connectivity index (χ0) is 14.6. The highest BCUT2D eigenvalue weighted by Crippen LogP contribution is 2.27. The summed E-state index contributed by atoms with van der Waals surface area (Å²) in [6.07, 6.45) is 2.16. The highest BCUT2D eigenvalue weighted by Gasteiger charge is 2.32. The molecule has 1 aromatic rings. The van der Waals surface area contributed by atoms with E-state index in [0.717, 1.165) is 37.7 Å². The van der Waals surface area contributed by atoms with Crippen molar-refractivity contribution in [3.63, 3.8) is 0 Å². The van der Waals surface area contributed by atoms with Gasteiger partial charge in [-0.25, -0.2) is 0 Å². The molecule has 1 heterocycles. The molecular weight excluding hydrogens is 270 g/mol. The van der Waals surface area contributed by atoms with Gasteiger partial charge >= 0.3 is 0 Å². The molecule has 2 atom stereocenters. The molecule has 2 rings (SSSR count). The van der Waals surface area contributed by atoms with Crippen LogP contribution in [0, 0.1) is 5.41 Å². The van der Waals surface area contributed by atoms with E-state index in [0.29, 0.717) is 11.5 Å². The summed E-state index contributed by atoms with van der Waals surface area (Å²) < 4.78 is 0. The Morgan fingerprint density at radius 1 is 1.45 bits per heavy atom. The quantitative estimate of drug-likeness (QED) is 0.847. The molecule has 0 amide bonds. The molecule has 0 bridgehead atoms. The molecule has 0 radical (unpaired) electrons. The highest BCUT2D eigenvalue weighted by atomic mass is 35.5. The maximum atomic E-state index is 6.20. The van der Waals surface area contributed by atoms with Crippen molar-refractivity contribution in [1.82, 2.24) is 10.2 Å². The number of nitrogens with zero attached hydrogens (tertiary/aromatic N) is 1. The molecule has 3 N–H and O–H groups in total. The van der Waals surface area contributed by atoms with Crippen molar-refractivity contribution in [3.8, 4) is 0 Å². The van der Waals surface area contributed by atoms with E-state index < -0.39 is 0 Å². The van der Waals surface area contributed by atoms with Crippen LogP contribution in [0.2, 0.25) is 5.02 Å². The first-order chi connectivity index (χ1) is 9.52. The largest absolute Gasteiger partial charge is 0.330 e. The van der Waals surface area contributed by atoms with Crippen molar-refractivity contribution in [2.45, 2.75) is 32.7 Å². The summed E-state index contributed by atoms with van der Waals surface area (Å²) >= 11 is 6.20. The highest BCUT2D eigenvalue weighted by molar-refractivity contribution is 6.31. The van der Waals surface area contributed by atoms with Crippen LogP contribution in [0.15, 0.2) is 24.3 Å². The van der Waals surface area contributed by atoms with Gasteiger partial charge in [0.25, 0.3) is 0 Å². The second-order valence-electron chi connectivity index (χ2n) is 6.38. The zero-order valence-corrected chi connectivity index (χ0v) is 13.3. The Balaban J connectivity index is 1.76. The molecular formula is C16H26ClN3. The molecule has 112 valence electrons. The van der Waals surface area contributed by atoms with E-state index >= 15 is 0 Å². The van der Waals surface area contributed by atoms with Gasteiger partial charge in [-0.2, -0.15) is 0 Å². The van der Waals surface area contributed by atoms with Gasteiger partial charge in [-0.1, -0.05) is 36.7 Å². The van der Waals surface area contributed by atoms with E-state index in [9.17, 15) is 0 Å². The first-order valence-corrected chi connectivity index (χ1v) is 7.79. The van der Waals surface area contributed by atoms with Crippen molar-refractivity contribution in [2.75, 3.05) is 26.3 Å². The molecule has 1 saturated heterocycles. The lowest BCUT2D eigenvalue weighted by Gasteiger charge is -2.24. The second kappa shape index (κ2) is 6.90. The van der Waals surface area contributed by atoms with Gasteiger partial charge in [-0.15, -0.1) is 0 Å². The summed E-state index contributed by atoms with van der Waals surface area (Å²) in [6, 6.07) is 8.49. The van der Waals surface area contributed by atoms with Gasteiger partial charge in [0.2, 0.25) is 0 Å². The van der Waals surface area contributed by atoms with Crippen LogP contribution in [0.3, 0.4) is 0 Å². The van der Waals surface area contributed by atoms with Crippen molar-refractivity contribution in [3.05, 3.63) is 34.9 Å². The number of nitrogens with two attached hydrogens (primary N) is 1. The fourth-order valence-electron chi connectivity index (χ4n) is 2.78. The van der Waals surface area contributed by atoms with E-state index in [-0.39, 0.29) is 0 Å². The molecule has 4 heteroatoms. The van der Waals surface area contributed by atoms with Gasteiger partial charge in [-0.3, -0.25) is 4.90 Å². The maximum Gasteiger partial charge on any atom is 0.0482 e. The summed E-state index contributed by atoms with van der Waals surface area (Å²) in [7, 11) is 0. The van der Waals surface area contributed by atoms with Gasteiger partial charge in [0.05, 0.1) is 0 Å². The van der Waals surface area contributed by atoms with Gasteiger partial charge < -0.3 is 11.1 Å². The van der Waals surface area contributed by atoms with Crippen LogP contribution in [0.4, 0.5) is 0 Å². The third kappa shape index (κ3) is 4.19. The van der Waals surface area contributed by atoms with Crippen LogP contribution in [-0.2, 0) is 6.42 Å². The third-order valence-corrected chi connectivity index (χ3v) is 4.65. The molecule has 0 aliphatic carbocycles. The fourth-order valence-corrected chi connectivity index (χ4v) is 2.99. The molecule has 1 fully saturated rings. The first-order valence-electron chi connectivity index (χ1n) is 7.42. The predicted molar refractivity (Wildman–Crippen MR) is 86.0 cm³/mol. The summed E-state index contributed by atoms with van der Waals surface area (Å²) in [6.45, 7) is 8.43. The maximum absolute atomic E-state index is 6.20. The number of rotatable bonds is 6. The third-order valence-electron chi connectivity index (χ3n) is 4.28. The van der Waals surface area contributed by atoms with Crippen LogP contribution < -0.4 is 11.1 Å². The SMILES string of the molecule is CC(Cc1ccccc1Cl)NCN1CCC(C)(CN)C1. The molecule has 1 aliphatic rings. The van der Waals surface area contributed by atoms with Crippen molar-refractivity contribution in [1.29, 1.82) is 0 Å². The molecule has 2 unspecified atom stereocenters. The van der Waals surface area contributed by atoms with E-state index in [2.05, 4.69) is 30.1 Å². The molecule has 1 aromatic carbocycles. The molecule has 0 spiro atoms. The lowest BCUT2D eigenvalue weighted by Crippen LogP contribution is -2.40. The topological polar surface area (TPSA) is 41.3 Å². The van der Waals surface area contributed by atoms with Gasteiger partial charge in [0.1, 0.15) is 0 Å². The summed E-state index contributed by atoms with van der Waals surface area (Å²) in [5.41, 5.74) is 7.35. The zero-order valence-electron chi connectivity index (χ0n) is 12.5. The average Bonchev–Trinajstić information content (AvgIpc) is 2.82. The van der Waals surface area contributed by atoms with Crippen LogP contribution in [0.1, 0.15) is 25.8 Å². The average molecular weight is 296 g/mol. The van der Waals surface area contributed by atoms with Gasteiger partial charge in [0.15, 0.2) is 0 Å². The Kier molecular flexibility index (Phi) is 5.44. The number of likely N-dealkylation sites (tertiary alicyclic amines) is 1. The fraction of sp³-hybridized carbons (Fsp3) is 0.625. The minimum atomic E-state index is 0.299. The minimum Gasteiger partial charge on any atom is -0.330 e. The Labute approximate surface area is 127 Å². The predicted octanol–water partition coefficient (Wildman–Crippen LogP) is 2.49. The normalized spacial score (nSPS) is 25.0.